The summed E-state index contributed by atoms with van der Waals surface area (Å²) in [5, 5.41) is 17.9. The smallest absolute Gasteiger partial charge is 0.253 e. The number of hydrogen-bond donors (Lipinski definition) is 2. The Hall–Kier alpha value is -2.18. The van der Waals surface area contributed by atoms with Crippen molar-refractivity contribution in [2.75, 3.05) is 33.7 Å². The Morgan fingerprint density at radius 3 is 2.57 bits per heavy atom. The van der Waals surface area contributed by atoms with Gasteiger partial charge < -0.3 is 14.9 Å². The average Bonchev–Trinajstić information content (AvgIpc) is 3.04. The third kappa shape index (κ3) is 4.28. The van der Waals surface area contributed by atoms with E-state index in [-0.39, 0.29) is 11.8 Å². The summed E-state index contributed by atoms with van der Waals surface area (Å²) in [4.78, 5) is 16.8. The van der Waals surface area contributed by atoms with Crippen LogP contribution in [0.4, 0.5) is 0 Å². The van der Waals surface area contributed by atoms with Crippen LogP contribution < -0.4 is 0 Å². The van der Waals surface area contributed by atoms with Crippen LogP contribution in [0.15, 0.2) is 24.3 Å². The number of likely N-dealkylation sites (tertiary alicyclic amines) is 1. The number of piperidine rings is 1. The standard InChI is InChI=1S/C22H32N4O2/c1-14(2)21-20(15(3)23-24-21)16-6-8-17(9-7-16)22(28)26-11-10-18(12-25(4)5)19(27)13-26/h6-9,14,18-19,27H,10-13H2,1-5H3,(H,23,24)/t18-,19+/m0/s1. The monoisotopic (exact) mass is 384 g/mol. The highest BCUT2D eigenvalue weighted by molar-refractivity contribution is 5.95. The Bertz CT molecular complexity index is 810. The Balaban J connectivity index is 1.72. The van der Waals surface area contributed by atoms with Gasteiger partial charge in [0.2, 0.25) is 0 Å². The van der Waals surface area contributed by atoms with E-state index in [9.17, 15) is 9.90 Å². The number of nitrogens with one attached hydrogen (secondary N) is 1. The number of hydrogen-bond acceptors (Lipinski definition) is 4. The summed E-state index contributed by atoms with van der Waals surface area (Å²) >= 11 is 0. The van der Waals surface area contributed by atoms with Crippen LogP contribution in [0, 0.1) is 12.8 Å². The first kappa shape index (κ1) is 20.6. The van der Waals surface area contributed by atoms with Crippen molar-refractivity contribution in [1.29, 1.82) is 0 Å². The minimum Gasteiger partial charge on any atom is -0.391 e. The number of aryl methyl sites for hydroxylation is 1. The van der Waals surface area contributed by atoms with Crippen LogP contribution in [0.5, 0.6) is 0 Å². The van der Waals surface area contributed by atoms with Crippen molar-refractivity contribution < 1.29 is 9.90 Å². The van der Waals surface area contributed by atoms with E-state index in [0.29, 0.717) is 24.6 Å². The molecular weight excluding hydrogens is 352 g/mol. The number of nitrogens with zero attached hydrogens (tertiary/aromatic N) is 3. The topological polar surface area (TPSA) is 72.5 Å². The molecule has 152 valence electrons. The molecule has 0 spiro atoms. The molecule has 2 atom stereocenters. The van der Waals surface area contributed by atoms with Crippen molar-refractivity contribution in [2.24, 2.45) is 5.92 Å². The van der Waals surface area contributed by atoms with Crippen molar-refractivity contribution in [3.05, 3.63) is 41.2 Å². The maximum atomic E-state index is 12.9. The van der Waals surface area contributed by atoms with Crippen LogP contribution in [-0.4, -0.2) is 70.8 Å². The minimum absolute atomic E-state index is 0.0121. The molecular formula is C22H32N4O2. The molecule has 2 heterocycles. The third-order valence-electron chi connectivity index (χ3n) is 5.55. The van der Waals surface area contributed by atoms with Crippen molar-refractivity contribution in [3.63, 3.8) is 0 Å². The van der Waals surface area contributed by atoms with E-state index in [0.717, 1.165) is 35.5 Å². The Morgan fingerprint density at radius 1 is 1.32 bits per heavy atom. The number of carbonyl (C=O) groups excluding carboxylic acids is 1. The number of aliphatic hydroxyl groups excluding tert-OH is 1. The summed E-state index contributed by atoms with van der Waals surface area (Å²) in [5.74, 6) is 0.535. The summed E-state index contributed by atoms with van der Waals surface area (Å²) in [6, 6.07) is 7.75. The molecule has 1 aliphatic heterocycles. The first-order chi connectivity index (χ1) is 13.3. The molecule has 28 heavy (non-hydrogen) atoms. The van der Waals surface area contributed by atoms with E-state index < -0.39 is 6.10 Å². The number of aliphatic hydroxyl groups is 1. The number of amides is 1. The summed E-state index contributed by atoms with van der Waals surface area (Å²) in [7, 11) is 4.02. The number of aromatic nitrogens is 2. The van der Waals surface area contributed by atoms with Gasteiger partial charge in [0.25, 0.3) is 5.91 Å². The number of benzene rings is 1. The normalized spacial score (nSPS) is 20.2. The summed E-state index contributed by atoms with van der Waals surface area (Å²) in [6.45, 7) is 8.21. The fraction of sp³-hybridized carbons (Fsp3) is 0.545. The molecule has 1 aromatic carbocycles. The molecule has 0 saturated carbocycles. The second kappa shape index (κ2) is 8.45. The lowest BCUT2D eigenvalue weighted by atomic mass is 9.92. The van der Waals surface area contributed by atoms with Gasteiger partial charge in [-0.2, -0.15) is 5.10 Å². The van der Waals surface area contributed by atoms with Gasteiger partial charge in [0.05, 0.1) is 11.8 Å². The Labute approximate surface area is 167 Å². The van der Waals surface area contributed by atoms with Crippen molar-refractivity contribution in [2.45, 2.75) is 39.2 Å². The van der Waals surface area contributed by atoms with Crippen LogP contribution in [0.25, 0.3) is 11.1 Å². The molecule has 3 rings (SSSR count). The Morgan fingerprint density at radius 2 is 2.00 bits per heavy atom. The molecule has 0 aliphatic carbocycles. The molecule has 1 aliphatic rings. The fourth-order valence-electron chi connectivity index (χ4n) is 4.04. The van der Waals surface area contributed by atoms with Crippen molar-refractivity contribution in [3.8, 4) is 11.1 Å². The fourth-order valence-corrected chi connectivity index (χ4v) is 4.04. The quantitative estimate of drug-likeness (QED) is 0.831. The van der Waals surface area contributed by atoms with E-state index >= 15 is 0 Å². The zero-order valence-corrected chi connectivity index (χ0v) is 17.6. The summed E-state index contributed by atoms with van der Waals surface area (Å²) < 4.78 is 0. The van der Waals surface area contributed by atoms with Gasteiger partial charge in [0, 0.05) is 42.4 Å². The zero-order valence-electron chi connectivity index (χ0n) is 17.6. The maximum absolute atomic E-state index is 12.9. The van der Waals surface area contributed by atoms with Gasteiger partial charge >= 0.3 is 0 Å². The van der Waals surface area contributed by atoms with Gasteiger partial charge in [-0.1, -0.05) is 26.0 Å². The second-order valence-electron chi connectivity index (χ2n) is 8.47. The molecule has 0 bridgehead atoms. The molecule has 6 heteroatoms. The summed E-state index contributed by atoms with van der Waals surface area (Å²) in [5.41, 5.74) is 4.93. The number of aromatic amines is 1. The number of carbonyl (C=O) groups is 1. The van der Waals surface area contributed by atoms with E-state index in [1.165, 1.54) is 0 Å². The molecule has 0 unspecified atom stereocenters. The summed E-state index contributed by atoms with van der Waals surface area (Å²) in [6.07, 6.45) is 0.358. The minimum atomic E-state index is -0.471. The number of β-amino-alcohol motifs (C(OH)–C–C–N with tert-alkyl or cyclic N) is 1. The highest BCUT2D eigenvalue weighted by Crippen LogP contribution is 2.30. The Kier molecular flexibility index (Phi) is 6.20. The van der Waals surface area contributed by atoms with E-state index in [4.69, 9.17) is 0 Å². The number of H-pyrrole nitrogens is 1. The van der Waals surface area contributed by atoms with Crippen LogP contribution >= 0.6 is 0 Å². The van der Waals surface area contributed by atoms with E-state index in [1.807, 2.05) is 45.3 Å². The number of rotatable bonds is 5. The van der Waals surface area contributed by atoms with Gasteiger partial charge in [0.1, 0.15) is 0 Å². The van der Waals surface area contributed by atoms with Crippen LogP contribution in [0.1, 0.15) is 47.9 Å². The third-order valence-corrected chi connectivity index (χ3v) is 5.55. The molecule has 2 aromatic rings. The second-order valence-corrected chi connectivity index (χ2v) is 8.47. The van der Waals surface area contributed by atoms with Crippen molar-refractivity contribution >= 4 is 5.91 Å². The van der Waals surface area contributed by atoms with Gasteiger partial charge in [-0.25, -0.2) is 0 Å². The molecule has 0 radical (unpaired) electrons. The van der Waals surface area contributed by atoms with E-state index in [2.05, 4.69) is 28.9 Å². The average molecular weight is 385 g/mol. The predicted molar refractivity (Wildman–Crippen MR) is 111 cm³/mol. The molecule has 1 aromatic heterocycles. The SMILES string of the molecule is Cc1[nH]nc(C(C)C)c1-c1ccc(C(=O)N2CC[C@@H](CN(C)C)[C@H](O)C2)cc1. The highest BCUT2D eigenvalue weighted by atomic mass is 16.3. The van der Waals surface area contributed by atoms with Crippen LogP contribution in [0.3, 0.4) is 0 Å². The first-order valence-corrected chi connectivity index (χ1v) is 10.0. The molecule has 1 fully saturated rings. The van der Waals surface area contributed by atoms with Gasteiger partial charge in [-0.15, -0.1) is 0 Å². The first-order valence-electron chi connectivity index (χ1n) is 10.0. The largest absolute Gasteiger partial charge is 0.391 e. The molecule has 1 amide bonds. The lowest BCUT2D eigenvalue weighted by Gasteiger charge is -2.37. The zero-order chi connectivity index (χ0) is 20.4. The van der Waals surface area contributed by atoms with Crippen LogP contribution in [0.2, 0.25) is 0 Å². The molecule has 2 N–H and O–H groups in total. The lowest BCUT2D eigenvalue weighted by Crippen LogP contribution is -2.48. The van der Waals surface area contributed by atoms with Gasteiger partial charge in [-0.05, 0) is 51.1 Å². The van der Waals surface area contributed by atoms with Crippen LogP contribution in [-0.2, 0) is 0 Å². The maximum Gasteiger partial charge on any atom is 0.253 e. The highest BCUT2D eigenvalue weighted by Gasteiger charge is 2.30. The van der Waals surface area contributed by atoms with E-state index in [1.54, 1.807) is 4.90 Å². The molecule has 6 nitrogen and oxygen atoms in total. The molecule has 1 saturated heterocycles. The van der Waals surface area contributed by atoms with Crippen molar-refractivity contribution in [1.82, 2.24) is 20.0 Å². The van der Waals surface area contributed by atoms with Gasteiger partial charge in [-0.3, -0.25) is 9.89 Å². The lowest BCUT2D eigenvalue weighted by molar-refractivity contribution is 0.0124. The predicted octanol–water partition coefficient (Wildman–Crippen LogP) is 2.89. The van der Waals surface area contributed by atoms with Gasteiger partial charge in [0.15, 0.2) is 0 Å².